The molecule has 0 spiro atoms. The molecular formula is C24H20N2O3. The third-order valence-electron chi connectivity index (χ3n) is 5.68. The van der Waals surface area contributed by atoms with Crippen LogP contribution in [0.25, 0.3) is 10.9 Å². The molecule has 1 N–H and O–H groups in total. The number of anilines is 1. The number of ether oxygens (including phenoxy) is 1. The smallest absolute Gasteiger partial charge is 0.276 e. The first-order valence-corrected chi connectivity index (χ1v) is 9.44. The lowest BCUT2D eigenvalue weighted by atomic mass is 9.97. The van der Waals surface area contributed by atoms with Crippen molar-refractivity contribution in [2.45, 2.75) is 6.04 Å². The lowest BCUT2D eigenvalue weighted by Crippen LogP contribution is -2.29. The Morgan fingerprint density at radius 3 is 2.34 bits per heavy atom. The Kier molecular flexibility index (Phi) is 3.84. The minimum Gasteiger partial charge on any atom is -0.508 e. The second kappa shape index (κ2) is 6.41. The second-order valence-corrected chi connectivity index (χ2v) is 7.17. The van der Waals surface area contributed by atoms with E-state index in [1.54, 1.807) is 24.1 Å². The fourth-order valence-corrected chi connectivity index (χ4v) is 4.34. The minimum atomic E-state index is -0.418. The number of nitrogens with zero attached hydrogens (tertiary/aromatic N) is 2. The summed E-state index contributed by atoms with van der Waals surface area (Å²) >= 11 is 0. The molecule has 29 heavy (non-hydrogen) atoms. The highest BCUT2D eigenvalue weighted by atomic mass is 16.5. The molecule has 1 atom stereocenters. The van der Waals surface area contributed by atoms with Crippen LogP contribution in [0.4, 0.5) is 5.69 Å². The van der Waals surface area contributed by atoms with Gasteiger partial charge in [-0.2, -0.15) is 0 Å². The van der Waals surface area contributed by atoms with Crippen LogP contribution in [0, 0.1) is 0 Å². The number of methoxy groups -OCH3 is 1. The quantitative estimate of drug-likeness (QED) is 0.560. The maximum atomic E-state index is 13.6. The summed E-state index contributed by atoms with van der Waals surface area (Å²) in [5, 5.41) is 11.7. The highest BCUT2D eigenvalue weighted by molar-refractivity contribution is 6.15. The number of phenols is 1. The fraction of sp³-hybridized carbons (Fsp3) is 0.125. The van der Waals surface area contributed by atoms with Crippen molar-refractivity contribution in [2.24, 2.45) is 7.05 Å². The Hall–Kier alpha value is -3.73. The predicted octanol–water partition coefficient (Wildman–Crippen LogP) is 4.64. The van der Waals surface area contributed by atoms with E-state index in [2.05, 4.69) is 0 Å². The summed E-state index contributed by atoms with van der Waals surface area (Å²) in [6, 6.07) is 22.2. The standard InChI is InChI=1S/C24H20N2O3/c1-25-19-9-5-3-7-17(19)21-22(18-8-4-6-10-20(18)27)26(24(28)23(21)25)15-11-13-16(29-2)14-12-15/h3-14,22,27H,1-2H3/t22-/m0/s1. The molecule has 3 aromatic carbocycles. The average molecular weight is 384 g/mol. The van der Waals surface area contributed by atoms with Crippen molar-refractivity contribution < 1.29 is 14.6 Å². The molecule has 5 nitrogen and oxygen atoms in total. The molecule has 5 rings (SSSR count). The molecular weight excluding hydrogens is 364 g/mol. The first-order valence-electron chi connectivity index (χ1n) is 9.44. The maximum absolute atomic E-state index is 13.6. The van der Waals surface area contributed by atoms with Gasteiger partial charge in [0.15, 0.2) is 0 Å². The van der Waals surface area contributed by atoms with Gasteiger partial charge in [-0.25, -0.2) is 0 Å². The average Bonchev–Trinajstić information content (AvgIpc) is 3.22. The van der Waals surface area contributed by atoms with Crippen LogP contribution < -0.4 is 9.64 Å². The van der Waals surface area contributed by atoms with Gasteiger partial charge >= 0.3 is 0 Å². The summed E-state index contributed by atoms with van der Waals surface area (Å²) in [6.07, 6.45) is 0. The molecule has 5 heteroatoms. The van der Waals surface area contributed by atoms with Crippen molar-refractivity contribution in [3.8, 4) is 11.5 Å². The number of carbonyl (C=O) groups is 1. The summed E-state index contributed by atoms with van der Waals surface area (Å²) in [4.78, 5) is 15.4. The number of benzene rings is 3. The summed E-state index contributed by atoms with van der Waals surface area (Å²) < 4.78 is 7.21. The summed E-state index contributed by atoms with van der Waals surface area (Å²) in [5.74, 6) is 0.809. The van der Waals surface area contributed by atoms with E-state index in [0.29, 0.717) is 11.3 Å². The minimum absolute atomic E-state index is 0.0860. The lowest BCUT2D eigenvalue weighted by Gasteiger charge is -2.27. The fourth-order valence-electron chi connectivity index (χ4n) is 4.34. The first kappa shape index (κ1) is 17.4. The molecule has 1 aromatic heterocycles. The Labute approximate surface area is 168 Å². The number of para-hydroxylation sites is 2. The van der Waals surface area contributed by atoms with Crippen LogP contribution in [-0.2, 0) is 7.05 Å². The first-order chi connectivity index (χ1) is 14.1. The molecule has 0 radical (unpaired) electrons. The molecule has 0 fully saturated rings. The molecule has 0 aliphatic carbocycles. The molecule has 1 aliphatic heterocycles. The number of aryl methyl sites for hydroxylation is 1. The van der Waals surface area contributed by atoms with E-state index in [0.717, 1.165) is 27.9 Å². The molecule has 0 saturated heterocycles. The zero-order valence-corrected chi connectivity index (χ0v) is 16.2. The van der Waals surface area contributed by atoms with Crippen molar-refractivity contribution in [3.05, 3.63) is 89.6 Å². The number of fused-ring (bicyclic) bond motifs is 3. The van der Waals surface area contributed by atoms with Gasteiger partial charge in [0.05, 0.1) is 13.2 Å². The predicted molar refractivity (Wildman–Crippen MR) is 113 cm³/mol. The van der Waals surface area contributed by atoms with Crippen LogP contribution in [0.15, 0.2) is 72.8 Å². The zero-order chi connectivity index (χ0) is 20.1. The van der Waals surface area contributed by atoms with E-state index < -0.39 is 6.04 Å². The largest absolute Gasteiger partial charge is 0.508 e. The zero-order valence-electron chi connectivity index (χ0n) is 16.2. The third kappa shape index (κ3) is 2.44. The summed E-state index contributed by atoms with van der Waals surface area (Å²) in [5.41, 5.74) is 4.03. The number of carbonyl (C=O) groups excluding carboxylic acids is 1. The maximum Gasteiger partial charge on any atom is 0.276 e. The number of hydrogen-bond donors (Lipinski definition) is 1. The lowest BCUT2D eigenvalue weighted by molar-refractivity contribution is 0.0986. The molecule has 1 amide bonds. The molecule has 144 valence electrons. The van der Waals surface area contributed by atoms with Crippen molar-refractivity contribution in [2.75, 3.05) is 12.0 Å². The highest BCUT2D eigenvalue weighted by Gasteiger charge is 2.43. The van der Waals surface area contributed by atoms with E-state index in [9.17, 15) is 9.90 Å². The van der Waals surface area contributed by atoms with Crippen molar-refractivity contribution in [1.29, 1.82) is 0 Å². The number of hydrogen-bond acceptors (Lipinski definition) is 3. The highest BCUT2D eigenvalue weighted by Crippen LogP contribution is 2.47. The molecule has 0 saturated carbocycles. The second-order valence-electron chi connectivity index (χ2n) is 7.17. The van der Waals surface area contributed by atoms with Gasteiger partial charge in [0.2, 0.25) is 0 Å². The SMILES string of the molecule is COc1ccc(N2C(=O)c3c(c4ccccc4n3C)[C@@H]2c2ccccc2O)cc1. The van der Waals surface area contributed by atoms with Gasteiger partial charge in [-0.3, -0.25) is 9.69 Å². The number of amides is 1. The van der Waals surface area contributed by atoms with Gasteiger partial charge in [-0.05, 0) is 36.4 Å². The molecule has 2 heterocycles. The van der Waals surface area contributed by atoms with E-state index in [1.807, 2.05) is 72.3 Å². The van der Waals surface area contributed by atoms with Crippen LogP contribution in [0.3, 0.4) is 0 Å². The molecule has 4 aromatic rings. The van der Waals surface area contributed by atoms with Crippen LogP contribution in [0.5, 0.6) is 11.5 Å². The molecule has 1 aliphatic rings. The van der Waals surface area contributed by atoms with Crippen LogP contribution in [0.1, 0.15) is 27.7 Å². The Morgan fingerprint density at radius 1 is 0.931 bits per heavy atom. The number of rotatable bonds is 3. The number of phenolic OH excluding ortho intramolecular Hbond substituents is 1. The number of aromatic nitrogens is 1. The van der Waals surface area contributed by atoms with E-state index in [4.69, 9.17) is 4.74 Å². The van der Waals surface area contributed by atoms with Crippen molar-refractivity contribution in [1.82, 2.24) is 4.57 Å². The van der Waals surface area contributed by atoms with Crippen LogP contribution in [-0.4, -0.2) is 22.7 Å². The van der Waals surface area contributed by atoms with Crippen molar-refractivity contribution in [3.63, 3.8) is 0 Å². The molecule has 0 unspecified atom stereocenters. The van der Waals surface area contributed by atoms with Gasteiger partial charge in [0, 0.05) is 34.8 Å². The molecule has 0 bridgehead atoms. The Bertz CT molecular complexity index is 1240. The number of aromatic hydroxyl groups is 1. The van der Waals surface area contributed by atoms with Crippen LogP contribution in [0.2, 0.25) is 0 Å². The van der Waals surface area contributed by atoms with E-state index >= 15 is 0 Å². The Balaban J connectivity index is 1.79. The normalized spacial score (nSPS) is 15.7. The summed E-state index contributed by atoms with van der Waals surface area (Å²) in [7, 11) is 3.53. The van der Waals surface area contributed by atoms with Gasteiger partial charge < -0.3 is 14.4 Å². The van der Waals surface area contributed by atoms with Gasteiger partial charge in [0.25, 0.3) is 5.91 Å². The van der Waals surface area contributed by atoms with Gasteiger partial charge in [0.1, 0.15) is 17.2 Å². The monoisotopic (exact) mass is 384 g/mol. The summed E-state index contributed by atoms with van der Waals surface area (Å²) in [6.45, 7) is 0. The van der Waals surface area contributed by atoms with Gasteiger partial charge in [-0.15, -0.1) is 0 Å². The van der Waals surface area contributed by atoms with Crippen molar-refractivity contribution >= 4 is 22.5 Å². The van der Waals surface area contributed by atoms with E-state index in [-0.39, 0.29) is 11.7 Å². The Morgan fingerprint density at radius 2 is 1.62 bits per heavy atom. The van der Waals surface area contributed by atoms with E-state index in [1.165, 1.54) is 0 Å². The van der Waals surface area contributed by atoms with Gasteiger partial charge in [-0.1, -0.05) is 36.4 Å². The third-order valence-corrected chi connectivity index (χ3v) is 5.68. The van der Waals surface area contributed by atoms with Crippen LogP contribution >= 0.6 is 0 Å². The topological polar surface area (TPSA) is 54.7 Å².